The molecule has 0 aromatic heterocycles. The Bertz CT molecular complexity index is 557. The van der Waals surface area contributed by atoms with Crippen LogP contribution in [0.1, 0.15) is 26.2 Å². The maximum atomic E-state index is 13.2. The van der Waals surface area contributed by atoms with Crippen molar-refractivity contribution >= 4 is 29.9 Å². The molecule has 1 heterocycles. The standard InChI is InChI=1S/C19H30FN3O3.HI/c1-15(26-17-7-3-6-16(20)12-17)13-23-19(21-2)22-9-5-10-24-14-18-8-4-11-25-18;/h3,6-7,12,15,18H,4-5,8-11,13-14H2,1-2H3,(H2,21,22,23);1H. The summed E-state index contributed by atoms with van der Waals surface area (Å²) < 4.78 is 30.0. The minimum atomic E-state index is -0.304. The van der Waals surface area contributed by atoms with Gasteiger partial charge in [-0.1, -0.05) is 6.07 Å². The number of aliphatic imine (C=N–C) groups is 1. The lowest BCUT2D eigenvalue weighted by atomic mass is 10.2. The lowest BCUT2D eigenvalue weighted by molar-refractivity contribution is 0.0168. The van der Waals surface area contributed by atoms with Gasteiger partial charge in [0, 0.05) is 32.9 Å². The van der Waals surface area contributed by atoms with E-state index in [2.05, 4.69) is 15.6 Å². The Morgan fingerprint density at radius 2 is 2.26 bits per heavy atom. The van der Waals surface area contributed by atoms with Crippen molar-refractivity contribution in [1.82, 2.24) is 10.6 Å². The van der Waals surface area contributed by atoms with Crippen molar-refractivity contribution < 1.29 is 18.6 Å². The maximum Gasteiger partial charge on any atom is 0.191 e. The average Bonchev–Trinajstić information content (AvgIpc) is 3.14. The lowest BCUT2D eigenvalue weighted by Crippen LogP contribution is -2.42. The van der Waals surface area contributed by atoms with Crippen LogP contribution in [0.3, 0.4) is 0 Å². The largest absolute Gasteiger partial charge is 0.489 e. The molecule has 0 amide bonds. The van der Waals surface area contributed by atoms with E-state index in [1.54, 1.807) is 19.2 Å². The van der Waals surface area contributed by atoms with Crippen molar-refractivity contribution in [3.8, 4) is 5.75 Å². The van der Waals surface area contributed by atoms with Gasteiger partial charge in [-0.15, -0.1) is 24.0 Å². The molecule has 0 spiro atoms. The van der Waals surface area contributed by atoms with E-state index in [1.807, 2.05) is 6.92 Å². The van der Waals surface area contributed by atoms with E-state index in [-0.39, 0.29) is 42.0 Å². The molecule has 1 aromatic carbocycles. The van der Waals surface area contributed by atoms with Gasteiger partial charge in [0.15, 0.2) is 5.96 Å². The smallest absolute Gasteiger partial charge is 0.191 e. The molecule has 2 atom stereocenters. The van der Waals surface area contributed by atoms with Gasteiger partial charge in [-0.3, -0.25) is 4.99 Å². The second-order valence-electron chi connectivity index (χ2n) is 6.33. The van der Waals surface area contributed by atoms with Crippen molar-refractivity contribution in [2.45, 2.75) is 38.4 Å². The van der Waals surface area contributed by atoms with E-state index < -0.39 is 0 Å². The van der Waals surface area contributed by atoms with Crippen LogP contribution in [0.4, 0.5) is 4.39 Å². The van der Waals surface area contributed by atoms with Gasteiger partial charge in [0.2, 0.25) is 0 Å². The van der Waals surface area contributed by atoms with Gasteiger partial charge in [-0.25, -0.2) is 4.39 Å². The van der Waals surface area contributed by atoms with Gasteiger partial charge < -0.3 is 24.8 Å². The number of halogens is 2. The quantitative estimate of drug-likeness (QED) is 0.226. The summed E-state index contributed by atoms with van der Waals surface area (Å²) in [4.78, 5) is 4.18. The molecule has 0 saturated carbocycles. The Kier molecular flexibility index (Phi) is 12.4. The fourth-order valence-corrected chi connectivity index (χ4v) is 2.65. The predicted molar refractivity (Wildman–Crippen MR) is 116 cm³/mol. The third kappa shape index (κ3) is 10.1. The van der Waals surface area contributed by atoms with Gasteiger partial charge in [0.25, 0.3) is 0 Å². The summed E-state index contributed by atoms with van der Waals surface area (Å²) in [6.07, 6.45) is 3.29. The van der Waals surface area contributed by atoms with E-state index in [1.165, 1.54) is 12.1 Å². The number of hydrogen-bond acceptors (Lipinski definition) is 4. The number of ether oxygens (including phenoxy) is 3. The summed E-state index contributed by atoms with van der Waals surface area (Å²) >= 11 is 0. The molecule has 0 aliphatic carbocycles. The molecule has 2 unspecified atom stereocenters. The highest BCUT2D eigenvalue weighted by atomic mass is 127. The van der Waals surface area contributed by atoms with Crippen LogP contribution in [-0.2, 0) is 9.47 Å². The van der Waals surface area contributed by atoms with Crippen molar-refractivity contribution in [2.24, 2.45) is 4.99 Å². The van der Waals surface area contributed by atoms with E-state index in [9.17, 15) is 4.39 Å². The average molecular weight is 495 g/mol. The lowest BCUT2D eigenvalue weighted by Gasteiger charge is -2.18. The first-order valence-corrected chi connectivity index (χ1v) is 9.23. The molecular formula is C19H31FIN3O3. The highest BCUT2D eigenvalue weighted by Gasteiger charge is 2.14. The Morgan fingerprint density at radius 1 is 1.41 bits per heavy atom. The Balaban J connectivity index is 0.00000364. The van der Waals surface area contributed by atoms with Crippen LogP contribution < -0.4 is 15.4 Å². The molecule has 6 nitrogen and oxygen atoms in total. The number of hydrogen-bond donors (Lipinski definition) is 2. The van der Waals surface area contributed by atoms with Gasteiger partial charge in [0.1, 0.15) is 17.7 Å². The van der Waals surface area contributed by atoms with Crippen LogP contribution in [0, 0.1) is 5.82 Å². The van der Waals surface area contributed by atoms with E-state index in [0.717, 1.165) is 32.4 Å². The number of rotatable bonds is 10. The Morgan fingerprint density at radius 3 is 2.96 bits per heavy atom. The van der Waals surface area contributed by atoms with Gasteiger partial charge in [-0.05, 0) is 38.3 Å². The molecule has 2 N–H and O–H groups in total. The normalized spacial score (nSPS) is 17.9. The molecule has 1 fully saturated rings. The first-order valence-electron chi connectivity index (χ1n) is 9.23. The van der Waals surface area contributed by atoms with E-state index in [0.29, 0.717) is 31.5 Å². The number of benzene rings is 1. The highest BCUT2D eigenvalue weighted by molar-refractivity contribution is 14.0. The molecule has 154 valence electrons. The van der Waals surface area contributed by atoms with Gasteiger partial charge in [0.05, 0.1) is 19.3 Å². The third-order valence-electron chi connectivity index (χ3n) is 4.00. The zero-order chi connectivity index (χ0) is 18.6. The van der Waals surface area contributed by atoms with Crippen molar-refractivity contribution in [1.29, 1.82) is 0 Å². The van der Waals surface area contributed by atoms with Crippen LogP contribution >= 0.6 is 24.0 Å². The van der Waals surface area contributed by atoms with Crippen molar-refractivity contribution in [2.75, 3.05) is 40.0 Å². The molecule has 1 aliphatic heterocycles. The molecule has 2 rings (SSSR count). The SMILES string of the molecule is CN=C(NCCCOCC1CCCO1)NCC(C)Oc1cccc(F)c1.I. The minimum Gasteiger partial charge on any atom is -0.489 e. The summed E-state index contributed by atoms with van der Waals surface area (Å²) in [6, 6.07) is 6.14. The second kappa shape index (κ2) is 14.0. The van der Waals surface area contributed by atoms with Crippen LogP contribution in [0.15, 0.2) is 29.3 Å². The van der Waals surface area contributed by atoms with Crippen LogP contribution in [-0.4, -0.2) is 58.1 Å². The minimum absolute atomic E-state index is 0. The van der Waals surface area contributed by atoms with Crippen molar-refractivity contribution in [3.63, 3.8) is 0 Å². The van der Waals surface area contributed by atoms with Crippen LogP contribution in [0.5, 0.6) is 5.75 Å². The van der Waals surface area contributed by atoms with Crippen LogP contribution in [0.25, 0.3) is 0 Å². The predicted octanol–water partition coefficient (Wildman–Crippen LogP) is 2.96. The molecule has 1 aromatic rings. The van der Waals surface area contributed by atoms with Crippen LogP contribution in [0.2, 0.25) is 0 Å². The second-order valence-corrected chi connectivity index (χ2v) is 6.33. The zero-order valence-corrected chi connectivity index (χ0v) is 18.4. The molecule has 1 aliphatic rings. The molecule has 1 saturated heterocycles. The number of nitrogens with one attached hydrogen (secondary N) is 2. The number of guanidine groups is 1. The van der Waals surface area contributed by atoms with E-state index >= 15 is 0 Å². The summed E-state index contributed by atoms with van der Waals surface area (Å²) in [7, 11) is 1.72. The molecule has 0 radical (unpaired) electrons. The first kappa shape index (κ1) is 23.9. The maximum absolute atomic E-state index is 13.2. The number of nitrogens with zero attached hydrogens (tertiary/aromatic N) is 1. The van der Waals surface area contributed by atoms with Gasteiger partial charge >= 0.3 is 0 Å². The summed E-state index contributed by atoms with van der Waals surface area (Å²) in [6.45, 7) is 5.49. The highest BCUT2D eigenvalue weighted by Crippen LogP contribution is 2.13. The molecular weight excluding hydrogens is 464 g/mol. The topological polar surface area (TPSA) is 64.1 Å². The summed E-state index contributed by atoms with van der Waals surface area (Å²) in [5.41, 5.74) is 0. The van der Waals surface area contributed by atoms with Crippen molar-refractivity contribution in [3.05, 3.63) is 30.1 Å². The monoisotopic (exact) mass is 495 g/mol. The molecule has 0 bridgehead atoms. The fraction of sp³-hybridized carbons (Fsp3) is 0.632. The summed E-state index contributed by atoms with van der Waals surface area (Å²) in [5, 5.41) is 6.44. The molecule has 27 heavy (non-hydrogen) atoms. The fourth-order valence-electron chi connectivity index (χ4n) is 2.65. The zero-order valence-electron chi connectivity index (χ0n) is 16.1. The first-order chi connectivity index (χ1) is 12.7. The Hall–Kier alpha value is -1.13. The molecule has 8 heteroatoms. The van der Waals surface area contributed by atoms with Gasteiger partial charge in [-0.2, -0.15) is 0 Å². The third-order valence-corrected chi connectivity index (χ3v) is 4.00. The van der Waals surface area contributed by atoms with E-state index in [4.69, 9.17) is 14.2 Å². The Labute approximate surface area is 178 Å². The summed E-state index contributed by atoms with van der Waals surface area (Å²) in [5.74, 6) is 0.923.